The van der Waals surface area contributed by atoms with Gasteiger partial charge in [0.05, 0.1) is 0 Å². The molecular formula is C14H14F6O. The van der Waals surface area contributed by atoms with Gasteiger partial charge in [0.1, 0.15) is 0 Å². The molecule has 118 valence electrons. The van der Waals surface area contributed by atoms with Gasteiger partial charge in [-0.05, 0) is 11.0 Å². The van der Waals surface area contributed by atoms with Crippen LogP contribution < -0.4 is 0 Å². The summed E-state index contributed by atoms with van der Waals surface area (Å²) < 4.78 is 74.9. The molecule has 1 nitrogen and oxygen atoms in total. The highest BCUT2D eigenvalue weighted by Crippen LogP contribution is 2.41. The summed E-state index contributed by atoms with van der Waals surface area (Å²) in [6, 6.07) is 4.70. The highest BCUT2D eigenvalue weighted by Gasteiger charge is 2.60. The highest BCUT2D eigenvalue weighted by molar-refractivity contribution is 5.98. The molecule has 1 aromatic rings. The molecule has 0 spiro atoms. The summed E-state index contributed by atoms with van der Waals surface area (Å²) in [4.78, 5) is 11.6. The van der Waals surface area contributed by atoms with Crippen LogP contribution in [0, 0.1) is 5.92 Å². The molecule has 0 heterocycles. The second kappa shape index (κ2) is 5.35. The first kappa shape index (κ1) is 17.5. The van der Waals surface area contributed by atoms with Crippen molar-refractivity contribution in [3.8, 4) is 0 Å². The van der Waals surface area contributed by atoms with Crippen LogP contribution >= 0.6 is 0 Å². The number of rotatable bonds is 2. The smallest absolute Gasteiger partial charge is 0.293 e. The monoisotopic (exact) mass is 312 g/mol. The molecule has 1 rings (SSSR count). The Morgan fingerprint density at radius 3 is 1.52 bits per heavy atom. The van der Waals surface area contributed by atoms with E-state index in [9.17, 15) is 31.1 Å². The third kappa shape index (κ3) is 4.22. The van der Waals surface area contributed by atoms with Crippen LogP contribution in [-0.2, 0) is 5.41 Å². The van der Waals surface area contributed by atoms with Crippen molar-refractivity contribution < 1.29 is 31.1 Å². The summed E-state index contributed by atoms with van der Waals surface area (Å²) in [6.45, 7) is 5.49. The lowest BCUT2D eigenvalue weighted by Crippen LogP contribution is -2.42. The molecule has 0 bridgehead atoms. The van der Waals surface area contributed by atoms with Crippen molar-refractivity contribution >= 4 is 5.78 Å². The van der Waals surface area contributed by atoms with Gasteiger partial charge in [-0.2, -0.15) is 26.3 Å². The minimum atomic E-state index is -5.67. The van der Waals surface area contributed by atoms with E-state index in [1.54, 1.807) is 0 Å². The molecular weight excluding hydrogens is 298 g/mol. The first-order chi connectivity index (χ1) is 9.24. The number of carbonyl (C=O) groups excluding carboxylic acids is 1. The number of benzene rings is 1. The van der Waals surface area contributed by atoms with Crippen molar-refractivity contribution in [1.29, 1.82) is 0 Å². The van der Waals surface area contributed by atoms with Crippen LogP contribution in [0.4, 0.5) is 26.3 Å². The minimum absolute atomic E-state index is 0.324. The highest BCUT2D eigenvalue weighted by atomic mass is 19.4. The average Bonchev–Trinajstić information content (AvgIpc) is 2.24. The zero-order valence-corrected chi connectivity index (χ0v) is 11.6. The van der Waals surface area contributed by atoms with Crippen LogP contribution in [0.5, 0.6) is 0 Å². The Balaban J connectivity index is 3.17. The lowest BCUT2D eigenvalue weighted by atomic mass is 9.85. The van der Waals surface area contributed by atoms with E-state index in [1.165, 1.54) is 12.1 Å². The van der Waals surface area contributed by atoms with E-state index in [1.807, 2.05) is 20.8 Å². The third-order valence-corrected chi connectivity index (χ3v) is 2.95. The number of alkyl halides is 6. The predicted octanol–water partition coefficient (Wildman–Crippen LogP) is 4.91. The van der Waals surface area contributed by atoms with Crippen molar-refractivity contribution in [2.45, 2.75) is 38.5 Å². The Labute approximate surface area is 118 Å². The van der Waals surface area contributed by atoms with Gasteiger partial charge in [-0.1, -0.05) is 45.0 Å². The van der Waals surface area contributed by atoms with Crippen molar-refractivity contribution in [3.05, 3.63) is 35.4 Å². The Hall–Kier alpha value is -1.53. The summed E-state index contributed by atoms with van der Waals surface area (Å²) in [5, 5.41) is 0. The molecule has 1 aromatic carbocycles. The summed E-state index contributed by atoms with van der Waals surface area (Å²) in [5.74, 6) is -5.99. The molecule has 0 radical (unpaired) electrons. The average molecular weight is 312 g/mol. The van der Waals surface area contributed by atoms with Gasteiger partial charge < -0.3 is 0 Å². The van der Waals surface area contributed by atoms with E-state index >= 15 is 0 Å². The van der Waals surface area contributed by atoms with Crippen molar-refractivity contribution in [1.82, 2.24) is 0 Å². The van der Waals surface area contributed by atoms with E-state index in [0.717, 1.165) is 12.1 Å². The van der Waals surface area contributed by atoms with Gasteiger partial charge in [0.2, 0.25) is 5.92 Å². The lowest BCUT2D eigenvalue weighted by molar-refractivity contribution is -0.264. The van der Waals surface area contributed by atoms with Gasteiger partial charge in [0.15, 0.2) is 5.78 Å². The van der Waals surface area contributed by atoms with Gasteiger partial charge in [0.25, 0.3) is 0 Å². The van der Waals surface area contributed by atoms with Crippen LogP contribution in [0.25, 0.3) is 0 Å². The molecule has 0 aliphatic heterocycles. The zero-order chi connectivity index (χ0) is 16.6. The molecule has 0 atom stereocenters. The minimum Gasteiger partial charge on any atom is -0.293 e. The first-order valence-electron chi connectivity index (χ1n) is 6.03. The number of Topliss-reactive ketones (excluding diaryl/α,β-unsaturated/α-hetero) is 1. The number of halogens is 6. The second-order valence-electron chi connectivity index (χ2n) is 5.71. The van der Waals surface area contributed by atoms with Gasteiger partial charge in [-0.25, -0.2) is 0 Å². The zero-order valence-electron chi connectivity index (χ0n) is 11.6. The topological polar surface area (TPSA) is 17.1 Å². The van der Waals surface area contributed by atoms with Gasteiger partial charge in [0, 0.05) is 5.56 Å². The molecule has 0 aromatic heterocycles. The fourth-order valence-corrected chi connectivity index (χ4v) is 1.78. The normalized spacial score (nSPS) is 13.6. The molecule has 0 aliphatic carbocycles. The Morgan fingerprint density at radius 2 is 1.24 bits per heavy atom. The molecule has 0 saturated carbocycles. The summed E-state index contributed by atoms with van der Waals surface area (Å²) in [7, 11) is 0. The maximum absolute atomic E-state index is 12.5. The number of hydrogen-bond donors (Lipinski definition) is 0. The number of carbonyl (C=O) groups is 1. The summed E-state index contributed by atoms with van der Waals surface area (Å²) in [5.41, 5.74) is -0.230. The molecule has 0 saturated heterocycles. The molecule has 0 amide bonds. The fraction of sp³-hybridized carbons (Fsp3) is 0.500. The van der Waals surface area contributed by atoms with E-state index in [0.29, 0.717) is 5.56 Å². The van der Waals surface area contributed by atoms with Gasteiger partial charge in [-0.3, -0.25) is 4.79 Å². The number of hydrogen-bond acceptors (Lipinski definition) is 1. The maximum Gasteiger partial charge on any atom is 0.407 e. The standard InChI is InChI=1S/C14H14F6O/c1-12(2,3)9-6-4-8(5-7-9)10(21)11(13(15,16)17)14(18,19)20/h4-7,11H,1-3H3. The van der Waals surface area contributed by atoms with E-state index in [2.05, 4.69) is 0 Å². The van der Waals surface area contributed by atoms with E-state index < -0.39 is 29.6 Å². The quantitative estimate of drug-likeness (QED) is 0.560. The molecule has 21 heavy (non-hydrogen) atoms. The van der Waals surface area contributed by atoms with Crippen LogP contribution in [0.3, 0.4) is 0 Å². The molecule has 7 heteroatoms. The molecule has 0 unspecified atom stereocenters. The fourth-order valence-electron chi connectivity index (χ4n) is 1.78. The summed E-state index contributed by atoms with van der Waals surface area (Å²) >= 11 is 0. The van der Waals surface area contributed by atoms with Crippen LogP contribution in [-0.4, -0.2) is 18.1 Å². The van der Waals surface area contributed by atoms with Gasteiger partial charge >= 0.3 is 12.4 Å². The predicted molar refractivity (Wildman–Crippen MR) is 65.1 cm³/mol. The van der Waals surface area contributed by atoms with Crippen molar-refractivity contribution in [2.75, 3.05) is 0 Å². The first-order valence-corrected chi connectivity index (χ1v) is 6.03. The van der Waals surface area contributed by atoms with Crippen molar-refractivity contribution in [2.24, 2.45) is 5.92 Å². The Bertz CT molecular complexity index is 490. The molecule has 0 fully saturated rings. The molecule has 0 aliphatic rings. The summed E-state index contributed by atoms with van der Waals surface area (Å²) in [6.07, 6.45) is -11.3. The Kier molecular flexibility index (Phi) is 4.46. The third-order valence-electron chi connectivity index (χ3n) is 2.95. The maximum atomic E-state index is 12.5. The SMILES string of the molecule is CC(C)(C)c1ccc(C(=O)C(C(F)(F)F)C(F)(F)F)cc1. The van der Waals surface area contributed by atoms with E-state index in [-0.39, 0.29) is 5.41 Å². The van der Waals surface area contributed by atoms with Crippen LogP contribution in [0.1, 0.15) is 36.7 Å². The van der Waals surface area contributed by atoms with Crippen LogP contribution in [0.2, 0.25) is 0 Å². The number of ketones is 1. The van der Waals surface area contributed by atoms with Crippen molar-refractivity contribution in [3.63, 3.8) is 0 Å². The largest absolute Gasteiger partial charge is 0.407 e. The van der Waals surface area contributed by atoms with E-state index in [4.69, 9.17) is 0 Å². The van der Waals surface area contributed by atoms with Crippen LogP contribution in [0.15, 0.2) is 24.3 Å². The second-order valence-corrected chi connectivity index (χ2v) is 5.71. The molecule has 0 N–H and O–H groups in total. The Morgan fingerprint density at radius 1 is 0.857 bits per heavy atom. The lowest BCUT2D eigenvalue weighted by Gasteiger charge is -2.22. The van der Waals surface area contributed by atoms with Gasteiger partial charge in [-0.15, -0.1) is 0 Å².